The molecule has 0 radical (unpaired) electrons. The van der Waals surface area contributed by atoms with E-state index in [2.05, 4.69) is 6.92 Å². The van der Waals surface area contributed by atoms with Gasteiger partial charge in [-0.25, -0.2) is 0 Å². The van der Waals surface area contributed by atoms with Gasteiger partial charge >= 0.3 is 11.9 Å². The number of rotatable bonds is 22. The molecule has 0 aromatic carbocycles. The maximum atomic E-state index is 11.1. The van der Waals surface area contributed by atoms with Gasteiger partial charge in [-0.05, 0) is 19.3 Å². The standard InChI is InChI=1S/C25H46O4/c1-2-3-4-5-6-7-8-9-10-11-12-13-14-15-16-17-18-19-20-23(25(28)29)21-22-24(26)27/h19-20,23H,2-18,21-22H2,1H3,(H,26,27)(H,28,29)/b20-19+. The van der Waals surface area contributed by atoms with Crippen LogP contribution in [-0.4, -0.2) is 22.2 Å². The zero-order valence-corrected chi connectivity index (χ0v) is 18.9. The van der Waals surface area contributed by atoms with Crippen molar-refractivity contribution in [1.29, 1.82) is 0 Å². The first-order chi connectivity index (χ1) is 14.1. The first kappa shape index (κ1) is 27.7. The number of aliphatic carboxylic acids is 2. The molecule has 2 N–H and O–H groups in total. The van der Waals surface area contributed by atoms with Gasteiger partial charge in [-0.2, -0.15) is 0 Å². The van der Waals surface area contributed by atoms with Crippen LogP contribution in [0.1, 0.15) is 129 Å². The zero-order valence-electron chi connectivity index (χ0n) is 18.9. The maximum Gasteiger partial charge on any atom is 0.310 e. The lowest BCUT2D eigenvalue weighted by molar-refractivity contribution is -0.141. The normalized spacial score (nSPS) is 12.4. The third-order valence-electron chi connectivity index (χ3n) is 5.58. The Morgan fingerprint density at radius 3 is 1.48 bits per heavy atom. The molecular weight excluding hydrogens is 364 g/mol. The van der Waals surface area contributed by atoms with Gasteiger partial charge in [-0.1, -0.05) is 115 Å². The first-order valence-corrected chi connectivity index (χ1v) is 12.2. The highest BCUT2D eigenvalue weighted by Crippen LogP contribution is 2.15. The Kier molecular flexibility index (Phi) is 20.4. The molecule has 0 aliphatic carbocycles. The van der Waals surface area contributed by atoms with Gasteiger partial charge in [-0.3, -0.25) is 9.59 Å². The topological polar surface area (TPSA) is 74.6 Å². The molecule has 0 rings (SSSR count). The van der Waals surface area contributed by atoms with Gasteiger partial charge in [0.2, 0.25) is 0 Å². The molecule has 0 saturated carbocycles. The summed E-state index contributed by atoms with van der Waals surface area (Å²) in [6.45, 7) is 2.27. The summed E-state index contributed by atoms with van der Waals surface area (Å²) >= 11 is 0. The number of hydrogen-bond donors (Lipinski definition) is 2. The third kappa shape index (κ3) is 21.2. The van der Waals surface area contributed by atoms with E-state index in [-0.39, 0.29) is 12.8 Å². The van der Waals surface area contributed by atoms with Crippen LogP contribution in [0.3, 0.4) is 0 Å². The summed E-state index contributed by atoms with van der Waals surface area (Å²) in [4.78, 5) is 21.6. The fourth-order valence-electron chi connectivity index (χ4n) is 3.65. The van der Waals surface area contributed by atoms with Crippen molar-refractivity contribution in [3.8, 4) is 0 Å². The lowest BCUT2D eigenvalue weighted by atomic mass is 10.0. The van der Waals surface area contributed by atoms with Crippen LogP contribution < -0.4 is 0 Å². The van der Waals surface area contributed by atoms with Crippen LogP contribution in [0, 0.1) is 5.92 Å². The summed E-state index contributed by atoms with van der Waals surface area (Å²) in [6, 6.07) is 0. The van der Waals surface area contributed by atoms with Gasteiger partial charge in [0.25, 0.3) is 0 Å². The predicted molar refractivity (Wildman–Crippen MR) is 121 cm³/mol. The number of allylic oxidation sites excluding steroid dienone is 1. The zero-order chi connectivity index (χ0) is 21.6. The van der Waals surface area contributed by atoms with Gasteiger partial charge < -0.3 is 10.2 Å². The molecule has 0 bridgehead atoms. The van der Waals surface area contributed by atoms with E-state index >= 15 is 0 Å². The van der Waals surface area contributed by atoms with Crippen LogP contribution in [0.4, 0.5) is 0 Å². The summed E-state index contributed by atoms with van der Waals surface area (Å²) in [5, 5.41) is 17.7. The molecular formula is C25H46O4. The molecule has 0 amide bonds. The lowest BCUT2D eigenvalue weighted by Crippen LogP contribution is -2.12. The average molecular weight is 411 g/mol. The van der Waals surface area contributed by atoms with Crippen molar-refractivity contribution in [2.24, 2.45) is 5.92 Å². The number of unbranched alkanes of at least 4 members (excludes halogenated alkanes) is 16. The van der Waals surface area contributed by atoms with Crippen molar-refractivity contribution < 1.29 is 19.8 Å². The molecule has 0 aliphatic rings. The third-order valence-corrected chi connectivity index (χ3v) is 5.58. The molecule has 0 saturated heterocycles. The Morgan fingerprint density at radius 2 is 1.10 bits per heavy atom. The Morgan fingerprint density at radius 1 is 0.690 bits per heavy atom. The molecule has 1 unspecified atom stereocenters. The molecule has 0 heterocycles. The van der Waals surface area contributed by atoms with E-state index in [1.807, 2.05) is 6.08 Å². The van der Waals surface area contributed by atoms with Crippen LogP contribution in [0.5, 0.6) is 0 Å². The van der Waals surface area contributed by atoms with Gasteiger partial charge in [0.1, 0.15) is 0 Å². The summed E-state index contributed by atoms with van der Waals surface area (Å²) in [7, 11) is 0. The van der Waals surface area contributed by atoms with Gasteiger partial charge in [0.05, 0.1) is 5.92 Å². The quantitative estimate of drug-likeness (QED) is 0.141. The van der Waals surface area contributed by atoms with E-state index in [4.69, 9.17) is 10.2 Å². The molecule has 0 aliphatic heterocycles. The van der Waals surface area contributed by atoms with Crippen LogP contribution in [0.2, 0.25) is 0 Å². The Hall–Kier alpha value is -1.32. The van der Waals surface area contributed by atoms with Gasteiger partial charge in [-0.15, -0.1) is 0 Å². The van der Waals surface area contributed by atoms with E-state index in [0.29, 0.717) is 0 Å². The van der Waals surface area contributed by atoms with Crippen LogP contribution in [-0.2, 0) is 9.59 Å². The minimum absolute atomic E-state index is 0.0969. The largest absolute Gasteiger partial charge is 0.481 e. The molecule has 1 atom stereocenters. The molecule has 4 heteroatoms. The van der Waals surface area contributed by atoms with Crippen molar-refractivity contribution in [2.75, 3.05) is 0 Å². The smallest absolute Gasteiger partial charge is 0.310 e. The van der Waals surface area contributed by atoms with E-state index in [1.165, 1.54) is 96.3 Å². The van der Waals surface area contributed by atoms with Gasteiger partial charge in [0.15, 0.2) is 0 Å². The SMILES string of the molecule is CCCCCCCCCCCCCCCCCC/C=C/C(CCC(=O)O)C(=O)O. The number of carboxylic acids is 2. The van der Waals surface area contributed by atoms with Crippen molar-refractivity contribution in [2.45, 2.75) is 129 Å². The van der Waals surface area contributed by atoms with E-state index in [0.717, 1.165) is 12.8 Å². The van der Waals surface area contributed by atoms with Crippen LogP contribution in [0.15, 0.2) is 12.2 Å². The van der Waals surface area contributed by atoms with Crippen molar-refractivity contribution in [3.05, 3.63) is 12.2 Å². The predicted octanol–water partition coefficient (Wildman–Crippen LogP) is 7.76. The lowest BCUT2D eigenvalue weighted by Gasteiger charge is -2.05. The minimum atomic E-state index is -0.942. The highest BCUT2D eigenvalue weighted by Gasteiger charge is 2.14. The minimum Gasteiger partial charge on any atom is -0.481 e. The summed E-state index contributed by atoms with van der Waals surface area (Å²) in [5.74, 6) is -2.55. The van der Waals surface area contributed by atoms with Crippen molar-refractivity contribution in [3.63, 3.8) is 0 Å². The average Bonchev–Trinajstić information content (AvgIpc) is 2.68. The summed E-state index contributed by atoms with van der Waals surface area (Å²) in [6.07, 6.45) is 26.1. The second-order valence-corrected chi connectivity index (χ2v) is 8.40. The Labute approximate surface area is 179 Å². The van der Waals surface area contributed by atoms with Crippen LogP contribution in [0.25, 0.3) is 0 Å². The second-order valence-electron chi connectivity index (χ2n) is 8.40. The first-order valence-electron chi connectivity index (χ1n) is 12.2. The van der Waals surface area contributed by atoms with E-state index in [9.17, 15) is 9.59 Å². The van der Waals surface area contributed by atoms with Crippen molar-refractivity contribution in [1.82, 2.24) is 0 Å². The van der Waals surface area contributed by atoms with E-state index in [1.54, 1.807) is 6.08 Å². The summed E-state index contributed by atoms with van der Waals surface area (Å²) < 4.78 is 0. The number of hydrogen-bond acceptors (Lipinski definition) is 2. The number of carboxylic acid groups (broad SMARTS) is 2. The molecule has 170 valence electrons. The fraction of sp³-hybridized carbons (Fsp3) is 0.840. The van der Waals surface area contributed by atoms with Gasteiger partial charge in [0, 0.05) is 6.42 Å². The molecule has 0 aromatic heterocycles. The Balaban J connectivity index is 3.36. The highest BCUT2D eigenvalue weighted by atomic mass is 16.4. The molecule has 0 aromatic rings. The molecule has 4 nitrogen and oxygen atoms in total. The monoisotopic (exact) mass is 410 g/mol. The molecule has 0 spiro atoms. The highest BCUT2D eigenvalue weighted by molar-refractivity contribution is 5.73. The van der Waals surface area contributed by atoms with E-state index < -0.39 is 17.9 Å². The van der Waals surface area contributed by atoms with Crippen molar-refractivity contribution >= 4 is 11.9 Å². The fourth-order valence-corrected chi connectivity index (χ4v) is 3.65. The number of carbonyl (C=O) groups is 2. The Bertz CT molecular complexity index is 417. The molecule has 0 fully saturated rings. The summed E-state index contributed by atoms with van der Waals surface area (Å²) in [5.41, 5.74) is 0. The second kappa shape index (κ2) is 21.4. The maximum absolute atomic E-state index is 11.1. The molecule has 29 heavy (non-hydrogen) atoms. The van der Waals surface area contributed by atoms with Crippen LogP contribution >= 0.6 is 0 Å².